The fraction of sp³-hybridized carbons (Fsp3) is 0.294. The van der Waals surface area contributed by atoms with Crippen molar-refractivity contribution in [3.05, 3.63) is 70.3 Å². The molecule has 106 valence electrons. The van der Waals surface area contributed by atoms with Crippen LogP contribution in [0.2, 0.25) is 0 Å². The van der Waals surface area contributed by atoms with Crippen molar-refractivity contribution >= 4 is 0 Å². The summed E-state index contributed by atoms with van der Waals surface area (Å²) in [5, 5.41) is 0. The maximum Gasteiger partial charge on any atom is 0.159 e. The van der Waals surface area contributed by atoms with Gasteiger partial charge in [0.15, 0.2) is 11.6 Å². The van der Waals surface area contributed by atoms with Gasteiger partial charge in [-0.2, -0.15) is 0 Å². The second-order valence-electron chi connectivity index (χ2n) is 5.29. The predicted molar refractivity (Wildman–Crippen MR) is 77.7 cm³/mol. The Morgan fingerprint density at radius 1 is 0.950 bits per heavy atom. The highest BCUT2D eigenvalue weighted by Gasteiger charge is 2.11. The van der Waals surface area contributed by atoms with E-state index in [4.69, 9.17) is 5.73 Å². The molecule has 2 aromatic rings. The number of nitrogens with two attached hydrogens (primary N) is 1. The van der Waals surface area contributed by atoms with Crippen LogP contribution >= 0.6 is 0 Å². The van der Waals surface area contributed by atoms with Crippen molar-refractivity contribution < 1.29 is 8.78 Å². The van der Waals surface area contributed by atoms with Gasteiger partial charge in [0.25, 0.3) is 0 Å². The summed E-state index contributed by atoms with van der Waals surface area (Å²) in [5.41, 5.74) is 10.5. The van der Waals surface area contributed by atoms with Crippen LogP contribution in [0.1, 0.15) is 22.3 Å². The SMILES string of the molecule is Cc1cccc(C)c1CC(N)Cc1ccc(F)c(F)c1. The summed E-state index contributed by atoms with van der Waals surface area (Å²) in [6.07, 6.45) is 1.27. The van der Waals surface area contributed by atoms with Gasteiger partial charge in [0.1, 0.15) is 0 Å². The van der Waals surface area contributed by atoms with Crippen molar-refractivity contribution in [2.45, 2.75) is 32.7 Å². The van der Waals surface area contributed by atoms with E-state index in [1.165, 1.54) is 22.8 Å². The molecule has 0 bridgehead atoms. The third-order valence-corrected chi connectivity index (χ3v) is 3.59. The molecule has 0 aromatic heterocycles. The molecule has 2 aromatic carbocycles. The maximum atomic E-state index is 13.2. The van der Waals surface area contributed by atoms with E-state index in [1.54, 1.807) is 6.07 Å². The second kappa shape index (κ2) is 6.14. The van der Waals surface area contributed by atoms with E-state index in [9.17, 15) is 8.78 Å². The van der Waals surface area contributed by atoms with Crippen LogP contribution in [0.3, 0.4) is 0 Å². The Morgan fingerprint density at radius 3 is 2.20 bits per heavy atom. The third-order valence-electron chi connectivity index (χ3n) is 3.59. The minimum Gasteiger partial charge on any atom is -0.327 e. The molecule has 0 saturated carbocycles. The van der Waals surface area contributed by atoms with Crippen molar-refractivity contribution in [3.63, 3.8) is 0 Å². The van der Waals surface area contributed by atoms with Crippen LogP contribution in [0.25, 0.3) is 0 Å². The number of benzene rings is 2. The summed E-state index contributed by atoms with van der Waals surface area (Å²) in [6, 6.07) is 9.99. The minimum absolute atomic E-state index is 0.111. The molecule has 0 saturated heterocycles. The van der Waals surface area contributed by atoms with Gasteiger partial charge in [-0.05, 0) is 61.1 Å². The van der Waals surface area contributed by atoms with Gasteiger partial charge >= 0.3 is 0 Å². The lowest BCUT2D eigenvalue weighted by molar-refractivity contribution is 0.506. The van der Waals surface area contributed by atoms with Crippen molar-refractivity contribution in [1.82, 2.24) is 0 Å². The van der Waals surface area contributed by atoms with Gasteiger partial charge in [0, 0.05) is 6.04 Å². The van der Waals surface area contributed by atoms with Crippen LogP contribution in [-0.4, -0.2) is 6.04 Å². The topological polar surface area (TPSA) is 26.0 Å². The molecular formula is C17H19F2N. The highest BCUT2D eigenvalue weighted by atomic mass is 19.2. The first-order chi connectivity index (χ1) is 9.47. The molecule has 0 amide bonds. The normalized spacial score (nSPS) is 12.4. The smallest absolute Gasteiger partial charge is 0.159 e. The van der Waals surface area contributed by atoms with Crippen molar-refractivity contribution in [2.75, 3.05) is 0 Å². The summed E-state index contributed by atoms with van der Waals surface area (Å²) >= 11 is 0. The molecule has 1 atom stereocenters. The standard InChI is InChI=1S/C17H19F2N/c1-11-4-3-5-12(2)15(11)10-14(20)8-13-6-7-16(18)17(19)9-13/h3-7,9,14H,8,10,20H2,1-2H3. The van der Waals surface area contributed by atoms with Gasteiger partial charge in [-0.15, -0.1) is 0 Å². The van der Waals surface area contributed by atoms with E-state index >= 15 is 0 Å². The molecule has 1 unspecified atom stereocenters. The monoisotopic (exact) mass is 275 g/mol. The maximum absolute atomic E-state index is 13.2. The van der Waals surface area contributed by atoms with Crippen molar-refractivity contribution in [1.29, 1.82) is 0 Å². The summed E-state index contributed by atoms with van der Waals surface area (Å²) in [5.74, 6) is -1.64. The average Bonchev–Trinajstić information content (AvgIpc) is 2.38. The first kappa shape index (κ1) is 14.7. The number of hydrogen-bond acceptors (Lipinski definition) is 1. The van der Waals surface area contributed by atoms with E-state index in [-0.39, 0.29) is 6.04 Å². The van der Waals surface area contributed by atoms with Gasteiger partial charge < -0.3 is 5.73 Å². The van der Waals surface area contributed by atoms with Gasteiger partial charge in [0.2, 0.25) is 0 Å². The molecule has 2 rings (SSSR count). The Hall–Kier alpha value is -1.74. The molecule has 0 aliphatic heterocycles. The van der Waals surface area contributed by atoms with Gasteiger partial charge in [-0.1, -0.05) is 24.3 Å². The minimum atomic E-state index is -0.822. The lowest BCUT2D eigenvalue weighted by atomic mass is 9.94. The zero-order valence-electron chi connectivity index (χ0n) is 11.8. The lowest BCUT2D eigenvalue weighted by Crippen LogP contribution is -2.26. The zero-order valence-corrected chi connectivity index (χ0v) is 11.8. The molecule has 0 radical (unpaired) electrons. The Kier molecular flexibility index (Phi) is 4.50. The first-order valence-electron chi connectivity index (χ1n) is 6.72. The fourth-order valence-corrected chi connectivity index (χ4v) is 2.47. The summed E-state index contributed by atoms with van der Waals surface area (Å²) in [7, 11) is 0. The Morgan fingerprint density at radius 2 is 1.60 bits per heavy atom. The molecule has 0 spiro atoms. The van der Waals surface area contributed by atoms with E-state index in [2.05, 4.69) is 26.0 Å². The summed E-state index contributed by atoms with van der Waals surface area (Å²) < 4.78 is 26.1. The number of aryl methyl sites for hydroxylation is 2. The number of halogens is 2. The second-order valence-corrected chi connectivity index (χ2v) is 5.29. The zero-order chi connectivity index (χ0) is 14.7. The van der Waals surface area contributed by atoms with Crippen LogP contribution in [0.15, 0.2) is 36.4 Å². The fourth-order valence-electron chi connectivity index (χ4n) is 2.47. The molecule has 0 heterocycles. The quantitative estimate of drug-likeness (QED) is 0.904. The van der Waals surface area contributed by atoms with E-state index in [1.807, 2.05) is 6.07 Å². The summed E-state index contributed by atoms with van der Waals surface area (Å²) in [4.78, 5) is 0. The van der Waals surface area contributed by atoms with Gasteiger partial charge in [0.05, 0.1) is 0 Å². The largest absolute Gasteiger partial charge is 0.327 e. The molecule has 2 N–H and O–H groups in total. The molecule has 1 nitrogen and oxygen atoms in total. The molecular weight excluding hydrogens is 256 g/mol. The third kappa shape index (κ3) is 3.42. The molecule has 0 aliphatic rings. The average molecular weight is 275 g/mol. The van der Waals surface area contributed by atoms with Gasteiger partial charge in [-0.25, -0.2) is 8.78 Å². The van der Waals surface area contributed by atoms with Crippen LogP contribution in [0, 0.1) is 25.5 Å². The highest BCUT2D eigenvalue weighted by molar-refractivity contribution is 5.34. The molecule has 3 heteroatoms. The number of hydrogen-bond donors (Lipinski definition) is 1. The van der Waals surface area contributed by atoms with Gasteiger partial charge in [-0.3, -0.25) is 0 Å². The number of rotatable bonds is 4. The Labute approximate surface area is 118 Å². The predicted octanol–water partition coefficient (Wildman–Crippen LogP) is 3.69. The summed E-state index contributed by atoms with van der Waals surface area (Å²) in [6.45, 7) is 4.12. The lowest BCUT2D eigenvalue weighted by Gasteiger charge is -2.16. The Balaban J connectivity index is 2.09. The van der Waals surface area contributed by atoms with E-state index < -0.39 is 11.6 Å². The highest BCUT2D eigenvalue weighted by Crippen LogP contribution is 2.17. The van der Waals surface area contributed by atoms with Crippen molar-refractivity contribution in [3.8, 4) is 0 Å². The van der Waals surface area contributed by atoms with Crippen LogP contribution in [0.4, 0.5) is 8.78 Å². The first-order valence-corrected chi connectivity index (χ1v) is 6.72. The molecule has 0 aliphatic carbocycles. The van der Waals surface area contributed by atoms with E-state index in [0.717, 1.165) is 18.1 Å². The Bertz CT molecular complexity index is 588. The molecule has 20 heavy (non-hydrogen) atoms. The van der Waals surface area contributed by atoms with Crippen molar-refractivity contribution in [2.24, 2.45) is 5.73 Å². The van der Waals surface area contributed by atoms with E-state index in [0.29, 0.717) is 6.42 Å². The van der Waals surface area contributed by atoms with Crippen LogP contribution in [0.5, 0.6) is 0 Å². The molecule has 0 fully saturated rings. The van der Waals surface area contributed by atoms with Crippen LogP contribution in [-0.2, 0) is 12.8 Å². The van der Waals surface area contributed by atoms with Crippen LogP contribution < -0.4 is 5.73 Å².